The monoisotopic (exact) mass is 208 g/mol. The van der Waals surface area contributed by atoms with Gasteiger partial charge in [-0.15, -0.1) is 18.3 Å². The van der Waals surface area contributed by atoms with Crippen molar-refractivity contribution < 1.29 is 4.21 Å². The lowest BCUT2D eigenvalue weighted by molar-refractivity contribution is 0.683. The van der Waals surface area contributed by atoms with Crippen LogP contribution in [0.4, 0.5) is 0 Å². The summed E-state index contributed by atoms with van der Waals surface area (Å²) in [5.74, 6) is 0. The molecule has 0 radical (unpaired) electrons. The molecule has 0 saturated carbocycles. The zero-order chi connectivity index (χ0) is 8.85. The Morgan fingerprint density at radius 3 is 2.73 bits per heavy atom. The van der Waals surface area contributed by atoms with E-state index >= 15 is 0 Å². The molecule has 0 bridgehead atoms. The summed E-state index contributed by atoms with van der Waals surface area (Å²) in [6.07, 6.45) is 6.05. The lowest BCUT2D eigenvalue weighted by Crippen LogP contribution is -2.20. The maximum atomic E-state index is 11.1. The Kier molecular flexibility index (Phi) is 6.09. The number of rotatable bonds is 4. The van der Waals surface area contributed by atoms with Crippen molar-refractivity contribution in [1.29, 1.82) is 0 Å². The lowest BCUT2D eigenvalue weighted by atomic mass is 10.3. The van der Waals surface area contributed by atoms with Crippen LogP contribution in [0.3, 0.4) is 0 Å². The van der Waals surface area contributed by atoms with E-state index in [1.54, 1.807) is 12.3 Å². The van der Waals surface area contributed by atoms with Crippen molar-refractivity contribution in [2.24, 2.45) is 0 Å². The highest BCUT2D eigenvalue weighted by Gasteiger charge is 2.15. The van der Waals surface area contributed by atoms with Gasteiger partial charge in [-0.1, -0.05) is 18.3 Å². The summed E-state index contributed by atoms with van der Waals surface area (Å²) in [6, 6.07) is 0. The largest absolute Gasteiger partial charge is 0.259 e. The highest BCUT2D eigenvalue weighted by molar-refractivity contribution is 8.23. The zero-order valence-electron chi connectivity index (χ0n) is 6.70. The summed E-state index contributed by atoms with van der Waals surface area (Å²) in [5, 5.41) is -0.00231. The number of thiocarbonyl (C=S) groups is 1. The van der Waals surface area contributed by atoms with E-state index in [-0.39, 0.29) is 5.25 Å². The Hall–Kier alpha value is 0.330. The van der Waals surface area contributed by atoms with Crippen LogP contribution in [0, 0.1) is 0 Å². The summed E-state index contributed by atoms with van der Waals surface area (Å²) >= 11 is 6.53. The van der Waals surface area contributed by atoms with Gasteiger partial charge in [-0.25, -0.2) is 0 Å². The Morgan fingerprint density at radius 2 is 2.45 bits per heavy atom. The Balaban J connectivity index is 4.20. The molecular formula is C7H12OS3. The Bertz CT molecular complexity index is 177. The van der Waals surface area contributed by atoms with E-state index in [9.17, 15) is 4.21 Å². The van der Waals surface area contributed by atoms with Crippen molar-refractivity contribution in [2.75, 3.05) is 12.5 Å². The van der Waals surface area contributed by atoms with Crippen LogP contribution in [0.15, 0.2) is 12.7 Å². The quantitative estimate of drug-likeness (QED) is 0.519. The molecule has 1 unspecified atom stereocenters. The molecule has 4 heteroatoms. The highest BCUT2D eigenvalue weighted by Crippen LogP contribution is 2.12. The van der Waals surface area contributed by atoms with Crippen molar-refractivity contribution in [2.45, 2.75) is 11.7 Å². The van der Waals surface area contributed by atoms with Crippen LogP contribution in [0.25, 0.3) is 0 Å². The SMILES string of the molecule is C=CC[C@@H](C(=S)SC)S(C)=O. The molecule has 0 saturated heterocycles. The van der Waals surface area contributed by atoms with E-state index in [0.717, 1.165) is 4.20 Å². The van der Waals surface area contributed by atoms with Crippen molar-refractivity contribution in [3.63, 3.8) is 0 Å². The van der Waals surface area contributed by atoms with Crippen LogP contribution in [-0.4, -0.2) is 26.2 Å². The maximum absolute atomic E-state index is 11.1. The van der Waals surface area contributed by atoms with Gasteiger partial charge in [-0.3, -0.25) is 4.21 Å². The summed E-state index contributed by atoms with van der Waals surface area (Å²) in [6.45, 7) is 3.60. The van der Waals surface area contributed by atoms with Crippen LogP contribution in [0.2, 0.25) is 0 Å². The fourth-order valence-electron chi connectivity index (χ4n) is 0.650. The number of hydrogen-bond donors (Lipinski definition) is 0. The van der Waals surface area contributed by atoms with Gasteiger partial charge in [0.2, 0.25) is 0 Å². The third-order valence-electron chi connectivity index (χ3n) is 1.25. The molecule has 2 atom stereocenters. The van der Waals surface area contributed by atoms with E-state index in [1.807, 2.05) is 6.26 Å². The third-order valence-corrected chi connectivity index (χ3v) is 4.24. The summed E-state index contributed by atoms with van der Waals surface area (Å²) in [7, 11) is -0.866. The number of hydrogen-bond acceptors (Lipinski definition) is 3. The summed E-state index contributed by atoms with van der Waals surface area (Å²) < 4.78 is 11.9. The second kappa shape index (κ2) is 5.91. The van der Waals surface area contributed by atoms with Crippen molar-refractivity contribution in [3.8, 4) is 0 Å². The second-order valence-corrected chi connectivity index (χ2v) is 5.15. The van der Waals surface area contributed by atoms with Gasteiger partial charge in [0.05, 0.1) is 9.45 Å². The first-order valence-corrected chi connectivity index (χ1v) is 6.39. The molecule has 0 heterocycles. The molecule has 0 aromatic heterocycles. The molecular weight excluding hydrogens is 196 g/mol. The Labute approximate surface area is 80.1 Å². The number of thioether (sulfide) groups is 1. The molecule has 0 spiro atoms. The zero-order valence-corrected chi connectivity index (χ0v) is 9.15. The standard InChI is InChI=1S/C7H12OS3/c1-4-5-6(11(3)8)7(9)10-2/h4,6H,1,5H2,2-3H3/t6-,11?/m0/s1. The molecule has 64 valence electrons. The van der Waals surface area contributed by atoms with Crippen molar-refractivity contribution in [1.82, 2.24) is 0 Å². The van der Waals surface area contributed by atoms with E-state index < -0.39 is 10.8 Å². The minimum Gasteiger partial charge on any atom is -0.259 e. The molecule has 0 rings (SSSR count). The average Bonchev–Trinajstić information content (AvgIpc) is 1.98. The van der Waals surface area contributed by atoms with Crippen LogP contribution in [0.1, 0.15) is 6.42 Å². The van der Waals surface area contributed by atoms with Crippen LogP contribution < -0.4 is 0 Å². The van der Waals surface area contributed by atoms with Crippen molar-refractivity contribution in [3.05, 3.63) is 12.7 Å². The molecule has 0 aliphatic rings. The van der Waals surface area contributed by atoms with E-state index in [4.69, 9.17) is 12.2 Å². The van der Waals surface area contributed by atoms with Gasteiger partial charge >= 0.3 is 0 Å². The fraction of sp³-hybridized carbons (Fsp3) is 0.571. The molecule has 0 N–H and O–H groups in total. The minimum absolute atomic E-state index is 0.00231. The average molecular weight is 208 g/mol. The highest BCUT2D eigenvalue weighted by atomic mass is 32.2. The molecule has 0 aliphatic heterocycles. The van der Waals surface area contributed by atoms with Gasteiger partial charge in [-0.05, 0) is 12.7 Å². The van der Waals surface area contributed by atoms with Gasteiger partial charge in [-0.2, -0.15) is 0 Å². The van der Waals surface area contributed by atoms with E-state index in [0.29, 0.717) is 6.42 Å². The third kappa shape index (κ3) is 4.03. The van der Waals surface area contributed by atoms with Gasteiger partial charge in [0, 0.05) is 17.1 Å². The molecule has 0 aliphatic carbocycles. The first kappa shape index (κ1) is 11.3. The summed E-state index contributed by atoms with van der Waals surface area (Å²) in [5.41, 5.74) is 0. The topological polar surface area (TPSA) is 17.1 Å². The fourth-order valence-corrected chi connectivity index (χ4v) is 2.89. The van der Waals surface area contributed by atoms with E-state index in [2.05, 4.69) is 6.58 Å². The van der Waals surface area contributed by atoms with Crippen LogP contribution >= 0.6 is 24.0 Å². The normalized spacial score (nSPS) is 15.5. The summed E-state index contributed by atoms with van der Waals surface area (Å²) in [4.78, 5) is 0. The molecule has 0 aromatic carbocycles. The molecule has 0 amide bonds. The predicted molar refractivity (Wildman–Crippen MR) is 58.8 cm³/mol. The second-order valence-electron chi connectivity index (χ2n) is 2.03. The van der Waals surface area contributed by atoms with Crippen LogP contribution in [0.5, 0.6) is 0 Å². The lowest BCUT2D eigenvalue weighted by Gasteiger charge is -2.10. The molecule has 0 aromatic rings. The van der Waals surface area contributed by atoms with E-state index in [1.165, 1.54) is 11.8 Å². The van der Waals surface area contributed by atoms with Gasteiger partial charge in [0.25, 0.3) is 0 Å². The van der Waals surface area contributed by atoms with Gasteiger partial charge < -0.3 is 0 Å². The smallest absolute Gasteiger partial charge is 0.0790 e. The van der Waals surface area contributed by atoms with Crippen LogP contribution in [-0.2, 0) is 10.8 Å². The predicted octanol–water partition coefficient (Wildman–Crippen LogP) is 2.00. The minimum atomic E-state index is -0.866. The van der Waals surface area contributed by atoms with Crippen molar-refractivity contribution >= 4 is 39.0 Å². The molecule has 1 nitrogen and oxygen atoms in total. The number of allylic oxidation sites excluding steroid dienone is 1. The maximum Gasteiger partial charge on any atom is 0.0790 e. The molecule has 0 fully saturated rings. The van der Waals surface area contributed by atoms with Gasteiger partial charge in [0.15, 0.2) is 0 Å². The Morgan fingerprint density at radius 1 is 1.91 bits per heavy atom. The first-order valence-electron chi connectivity index (χ1n) is 3.14. The van der Waals surface area contributed by atoms with Gasteiger partial charge in [0.1, 0.15) is 0 Å². The first-order chi connectivity index (χ1) is 5.13. The molecule has 11 heavy (non-hydrogen) atoms.